The fourth-order valence-electron chi connectivity index (χ4n) is 10.8. The van der Waals surface area contributed by atoms with E-state index in [-0.39, 0.29) is 17.7 Å². The summed E-state index contributed by atoms with van der Waals surface area (Å²) in [5.74, 6) is 4.99. The van der Waals surface area contributed by atoms with Crippen LogP contribution in [0, 0.1) is 27.7 Å². The molecule has 67 heavy (non-hydrogen) atoms. The predicted octanol–water partition coefficient (Wildman–Crippen LogP) is 13.6. The Morgan fingerprint density at radius 2 is 0.940 bits per heavy atom. The Morgan fingerprint density at radius 1 is 0.507 bits per heavy atom. The molecule has 1 N–H and O–H groups in total. The van der Waals surface area contributed by atoms with Crippen LogP contribution in [0.15, 0.2) is 72.8 Å². The van der Waals surface area contributed by atoms with Crippen LogP contribution in [0.2, 0.25) is 0 Å². The molecule has 2 atom stereocenters. The standard InChI is InChI=1S/C29H37NO3.C16H21NO2.C13H17BrO/c1-20-11-13-23(16-28(20)33-26-9-5-6-10-26)24-17-29(31)30(19-24)18-22-12-14-27(21(2)15-22)32-25-7-3-4-8-25;1-11-6-7-12(13-9-16(18)17-10-13)8-15(11)19-14-4-2-3-5-14;1-10-8-11(9-14)6-7-13(10)15-12-4-2-3-5-12/h11-16,24-26H,3-10,17-19H2,1-2H3;6-8,13-14H,2-5,9-10H2,1H3,(H,17,18);6-8,12H,2-5,9H2,1H3. The van der Waals surface area contributed by atoms with Crippen molar-refractivity contribution in [2.75, 3.05) is 13.1 Å². The summed E-state index contributed by atoms with van der Waals surface area (Å²) < 4.78 is 24.6. The number of nitrogens with zero attached hydrogens (tertiary/aromatic N) is 1. The van der Waals surface area contributed by atoms with Crippen molar-refractivity contribution in [3.8, 4) is 23.0 Å². The number of carbonyl (C=O) groups is 2. The molecule has 9 heteroatoms. The molecule has 0 aromatic heterocycles. The highest BCUT2D eigenvalue weighted by molar-refractivity contribution is 9.08. The minimum atomic E-state index is 0.156. The molecule has 4 aliphatic carbocycles. The summed E-state index contributed by atoms with van der Waals surface area (Å²) in [5, 5.41) is 3.81. The van der Waals surface area contributed by atoms with E-state index in [1.807, 2.05) is 4.90 Å². The van der Waals surface area contributed by atoms with Gasteiger partial charge < -0.3 is 29.2 Å². The second-order valence-electron chi connectivity index (χ2n) is 20.4. The molecular formula is C58H75BrN2O6. The molecule has 10 rings (SSSR count). The normalized spacial score (nSPS) is 21.2. The number of benzene rings is 4. The first-order valence-corrected chi connectivity index (χ1v) is 26.9. The lowest BCUT2D eigenvalue weighted by Gasteiger charge is -2.20. The highest BCUT2D eigenvalue weighted by Gasteiger charge is 2.32. The lowest BCUT2D eigenvalue weighted by atomic mass is 9.97. The van der Waals surface area contributed by atoms with Crippen LogP contribution in [0.3, 0.4) is 0 Å². The maximum absolute atomic E-state index is 12.8. The zero-order valence-electron chi connectivity index (χ0n) is 40.7. The van der Waals surface area contributed by atoms with E-state index in [1.165, 1.54) is 116 Å². The van der Waals surface area contributed by atoms with Crippen LogP contribution in [-0.2, 0) is 21.5 Å². The van der Waals surface area contributed by atoms with E-state index in [9.17, 15) is 9.59 Å². The Balaban J connectivity index is 0.000000151. The van der Waals surface area contributed by atoms with Crippen molar-refractivity contribution in [3.05, 3.63) is 117 Å². The monoisotopic (exact) mass is 974 g/mol. The first-order valence-electron chi connectivity index (χ1n) is 25.7. The number of nitrogens with one attached hydrogen (secondary N) is 1. The fraction of sp³-hybridized carbons (Fsp3) is 0.552. The van der Waals surface area contributed by atoms with Crippen LogP contribution in [0.5, 0.6) is 23.0 Å². The maximum Gasteiger partial charge on any atom is 0.223 e. The molecule has 2 amide bonds. The number of hydrogen-bond donors (Lipinski definition) is 1. The van der Waals surface area contributed by atoms with E-state index in [4.69, 9.17) is 18.9 Å². The predicted molar refractivity (Wildman–Crippen MR) is 272 cm³/mol. The lowest BCUT2D eigenvalue weighted by Crippen LogP contribution is -2.24. The average Bonchev–Trinajstić information content (AvgIpc) is 4.19. The molecule has 6 aliphatic rings. The van der Waals surface area contributed by atoms with Gasteiger partial charge in [-0.05, 0) is 199 Å². The highest BCUT2D eigenvalue weighted by atomic mass is 79.9. The van der Waals surface area contributed by atoms with Crippen LogP contribution in [0.25, 0.3) is 0 Å². The van der Waals surface area contributed by atoms with Gasteiger partial charge in [-0.15, -0.1) is 0 Å². The van der Waals surface area contributed by atoms with Crippen LogP contribution < -0.4 is 24.3 Å². The summed E-state index contributed by atoms with van der Waals surface area (Å²) in [7, 11) is 0. The molecule has 0 spiro atoms. The van der Waals surface area contributed by atoms with E-state index in [1.54, 1.807) is 0 Å². The van der Waals surface area contributed by atoms with Crippen molar-refractivity contribution in [1.82, 2.24) is 10.2 Å². The molecule has 2 heterocycles. The number of hydrogen-bond acceptors (Lipinski definition) is 6. The number of likely N-dealkylation sites (tertiary alicyclic amines) is 1. The maximum atomic E-state index is 12.8. The summed E-state index contributed by atoms with van der Waals surface area (Å²) in [6, 6.07) is 25.7. The molecule has 0 bridgehead atoms. The van der Waals surface area contributed by atoms with E-state index in [2.05, 4.69) is 122 Å². The quantitative estimate of drug-likeness (QED) is 0.134. The Hall–Kier alpha value is -4.50. The fourth-order valence-corrected chi connectivity index (χ4v) is 11.2. The topological polar surface area (TPSA) is 86.3 Å². The van der Waals surface area contributed by atoms with Crippen LogP contribution in [0.1, 0.15) is 172 Å². The zero-order valence-corrected chi connectivity index (χ0v) is 42.3. The minimum Gasteiger partial charge on any atom is -0.490 e. The van der Waals surface area contributed by atoms with Crippen molar-refractivity contribution in [2.24, 2.45) is 0 Å². The van der Waals surface area contributed by atoms with Gasteiger partial charge in [0.05, 0.1) is 24.4 Å². The van der Waals surface area contributed by atoms with Crippen molar-refractivity contribution in [3.63, 3.8) is 0 Å². The smallest absolute Gasteiger partial charge is 0.223 e. The number of halogens is 1. The van der Waals surface area contributed by atoms with Crippen molar-refractivity contribution in [2.45, 2.75) is 191 Å². The molecule has 2 unspecified atom stereocenters. The Kier molecular flexibility index (Phi) is 17.3. The largest absolute Gasteiger partial charge is 0.490 e. The zero-order chi connectivity index (χ0) is 46.7. The summed E-state index contributed by atoms with van der Waals surface area (Å²) >= 11 is 3.46. The summed E-state index contributed by atoms with van der Waals surface area (Å²) in [6.45, 7) is 10.6. The van der Waals surface area contributed by atoms with Crippen molar-refractivity contribution >= 4 is 27.7 Å². The third-order valence-electron chi connectivity index (χ3n) is 14.9. The molecule has 4 saturated carbocycles. The molecule has 4 aromatic rings. The van der Waals surface area contributed by atoms with Gasteiger partial charge >= 0.3 is 0 Å². The van der Waals surface area contributed by atoms with Crippen molar-refractivity contribution < 1.29 is 28.5 Å². The molecule has 360 valence electrons. The van der Waals surface area contributed by atoms with Gasteiger partial charge in [-0.1, -0.05) is 64.5 Å². The molecule has 2 aliphatic heterocycles. The van der Waals surface area contributed by atoms with E-state index >= 15 is 0 Å². The Labute approximate surface area is 409 Å². The Bertz CT molecular complexity index is 2270. The van der Waals surface area contributed by atoms with Crippen LogP contribution in [-0.4, -0.2) is 54.2 Å². The van der Waals surface area contributed by atoms with Gasteiger partial charge in [0.2, 0.25) is 11.8 Å². The molecule has 4 aromatic carbocycles. The summed E-state index contributed by atoms with van der Waals surface area (Å²) in [6.07, 6.45) is 22.5. The second kappa shape index (κ2) is 23.7. The first kappa shape index (κ1) is 48.9. The molecular weight excluding hydrogens is 901 g/mol. The van der Waals surface area contributed by atoms with Gasteiger partial charge in [-0.3, -0.25) is 9.59 Å². The lowest BCUT2D eigenvalue weighted by molar-refractivity contribution is -0.128. The van der Waals surface area contributed by atoms with Gasteiger partial charge in [-0.25, -0.2) is 0 Å². The third-order valence-corrected chi connectivity index (χ3v) is 15.6. The number of rotatable bonds is 13. The molecule has 2 saturated heterocycles. The number of alkyl halides is 1. The van der Waals surface area contributed by atoms with Crippen LogP contribution in [0.4, 0.5) is 0 Å². The third kappa shape index (κ3) is 13.6. The van der Waals surface area contributed by atoms with Gasteiger partial charge in [-0.2, -0.15) is 0 Å². The van der Waals surface area contributed by atoms with Crippen LogP contribution >= 0.6 is 15.9 Å². The van der Waals surface area contributed by atoms with Gasteiger partial charge in [0.1, 0.15) is 23.0 Å². The molecule has 0 radical (unpaired) electrons. The first-order chi connectivity index (χ1) is 32.6. The Morgan fingerprint density at radius 3 is 1.37 bits per heavy atom. The van der Waals surface area contributed by atoms with E-state index in [0.29, 0.717) is 49.7 Å². The number of aryl methyl sites for hydroxylation is 4. The van der Waals surface area contributed by atoms with E-state index in [0.717, 1.165) is 72.7 Å². The van der Waals surface area contributed by atoms with E-state index < -0.39 is 0 Å². The second-order valence-corrected chi connectivity index (χ2v) is 20.9. The minimum absolute atomic E-state index is 0.156. The number of amides is 2. The van der Waals surface area contributed by atoms with Gasteiger partial charge in [0, 0.05) is 49.6 Å². The molecule has 8 nitrogen and oxygen atoms in total. The summed E-state index contributed by atoms with van der Waals surface area (Å²) in [4.78, 5) is 26.2. The molecule has 6 fully saturated rings. The van der Waals surface area contributed by atoms with Gasteiger partial charge in [0.15, 0.2) is 0 Å². The number of carbonyl (C=O) groups excluding carboxylic acids is 2. The average molecular weight is 976 g/mol. The highest BCUT2D eigenvalue weighted by Crippen LogP contribution is 2.36. The van der Waals surface area contributed by atoms with Crippen molar-refractivity contribution in [1.29, 1.82) is 0 Å². The SMILES string of the molecule is Cc1cc(CBr)ccc1OC1CCCC1.Cc1cc(CN2CC(c3ccc(C)c(OC4CCCC4)c3)CC2=O)ccc1OC1CCCC1.Cc1ccc(C2CNC(=O)C2)cc1OC1CCCC1. The van der Waals surface area contributed by atoms with Gasteiger partial charge in [0.25, 0.3) is 0 Å². The summed E-state index contributed by atoms with van der Waals surface area (Å²) in [5.41, 5.74) is 9.71. The number of ether oxygens (including phenoxy) is 4.